The molecule has 36 heavy (non-hydrogen) atoms. The van der Waals surface area contributed by atoms with Crippen molar-refractivity contribution in [2.75, 3.05) is 32.6 Å². The fourth-order valence-electron chi connectivity index (χ4n) is 4.50. The summed E-state index contributed by atoms with van der Waals surface area (Å²) in [6, 6.07) is 3.33. The predicted molar refractivity (Wildman–Crippen MR) is 138 cm³/mol. The minimum Gasteiger partial charge on any atom is -0.383 e. The van der Waals surface area contributed by atoms with E-state index in [0.717, 1.165) is 11.0 Å². The molecule has 2 amide bonds. The lowest BCUT2D eigenvalue weighted by molar-refractivity contribution is -0.127. The molecule has 1 fully saturated rings. The molecule has 3 radical (unpaired) electrons. The van der Waals surface area contributed by atoms with Crippen molar-refractivity contribution in [3.63, 3.8) is 0 Å². The molecule has 4 rings (SSSR count). The summed E-state index contributed by atoms with van der Waals surface area (Å²) in [6.07, 6.45) is 3.41. The Bertz CT molecular complexity index is 1440. The number of fused-ring (bicyclic) bond motifs is 1. The molecule has 12 heteroatoms. The van der Waals surface area contributed by atoms with E-state index in [1.54, 1.807) is 42.2 Å². The largest absolute Gasteiger partial charge is 0.383 e. The monoisotopic (exact) mass is 522 g/mol. The average Bonchev–Trinajstić information content (AvgIpc) is 3.51. The van der Waals surface area contributed by atoms with Crippen LogP contribution in [0.15, 0.2) is 31.1 Å². The van der Waals surface area contributed by atoms with E-state index in [1.807, 2.05) is 11.6 Å². The lowest BCUT2D eigenvalue weighted by atomic mass is 10.1. The molecule has 185 valence electrons. The molecule has 0 aliphatic carbocycles. The molecule has 3 N–H and O–H groups in total. The van der Waals surface area contributed by atoms with Gasteiger partial charge in [0.15, 0.2) is 5.69 Å². The number of nitrogens with two attached hydrogens (primary N) is 1. The van der Waals surface area contributed by atoms with Crippen molar-refractivity contribution >= 4 is 50.5 Å². The Labute approximate surface area is 216 Å². The lowest BCUT2D eigenvalue weighted by Crippen LogP contribution is -2.41. The topological polar surface area (TPSA) is 120 Å². The first-order valence-electron chi connectivity index (χ1n) is 11.0. The van der Waals surface area contributed by atoms with Crippen LogP contribution in [0.3, 0.4) is 0 Å². The molecule has 1 aromatic carbocycles. The maximum atomic E-state index is 12.5. The number of primary amides is 1. The summed E-state index contributed by atoms with van der Waals surface area (Å²) < 4.78 is 8.79. The van der Waals surface area contributed by atoms with E-state index in [0.29, 0.717) is 29.4 Å². The number of imidazole rings is 1. The van der Waals surface area contributed by atoms with Crippen molar-refractivity contribution in [2.24, 2.45) is 12.8 Å². The van der Waals surface area contributed by atoms with Gasteiger partial charge >= 0.3 is 0 Å². The zero-order chi connectivity index (χ0) is 26.2. The van der Waals surface area contributed by atoms with Gasteiger partial charge in [-0.1, -0.05) is 24.1 Å². The highest BCUT2D eigenvalue weighted by atomic mass is 35.5. The second-order valence-corrected chi connectivity index (χ2v) is 9.88. The third kappa shape index (κ3) is 4.39. The molecule has 1 saturated heterocycles. The van der Waals surface area contributed by atoms with E-state index in [2.05, 4.69) is 44.1 Å². The van der Waals surface area contributed by atoms with E-state index in [-0.39, 0.29) is 29.8 Å². The van der Waals surface area contributed by atoms with Gasteiger partial charge in [-0.3, -0.25) is 9.59 Å². The van der Waals surface area contributed by atoms with Crippen LogP contribution in [0.1, 0.15) is 28.0 Å². The summed E-state index contributed by atoms with van der Waals surface area (Å²) in [5.74, 6) is 5.41. The number of nitrogens with zero attached hydrogens (tertiary/aromatic N) is 5. The standard InChI is InChI=1S/C24H25ClN7O3Si/c1-5-20(33)31-12-24(36,10-15(31)11-35-4)32-23(27-2)21(22(26)34)17(29-32)7-6-14-8-18-19(9-16(14)25)30(3)13-28-18/h5,8-9,13,15,27H,1,10-12H2,2-4H3,(H2,26,34)/t15-,24-/m1/s1. The third-order valence-electron chi connectivity index (χ3n) is 6.17. The highest BCUT2D eigenvalue weighted by Gasteiger charge is 2.46. The van der Waals surface area contributed by atoms with E-state index < -0.39 is 11.1 Å². The number of amides is 2. The first-order valence-corrected chi connectivity index (χ1v) is 11.9. The van der Waals surface area contributed by atoms with E-state index in [9.17, 15) is 9.59 Å². The molecule has 0 spiro atoms. The minimum absolute atomic E-state index is 0.134. The number of aromatic nitrogens is 4. The summed E-state index contributed by atoms with van der Waals surface area (Å²) >= 11 is 6.46. The van der Waals surface area contributed by atoms with Crippen LogP contribution < -0.4 is 11.1 Å². The van der Waals surface area contributed by atoms with Gasteiger partial charge in [0.2, 0.25) is 5.91 Å². The highest BCUT2D eigenvalue weighted by molar-refractivity contribution is 6.32. The number of rotatable bonds is 6. The Morgan fingerprint density at radius 3 is 2.83 bits per heavy atom. The number of nitrogens with one attached hydrogen (secondary N) is 1. The van der Waals surface area contributed by atoms with Gasteiger partial charge in [0, 0.05) is 33.3 Å². The van der Waals surface area contributed by atoms with Crippen LogP contribution >= 0.6 is 11.6 Å². The van der Waals surface area contributed by atoms with Gasteiger partial charge in [0.1, 0.15) is 11.4 Å². The van der Waals surface area contributed by atoms with Crippen LogP contribution in [0.25, 0.3) is 11.0 Å². The smallest absolute Gasteiger partial charge is 0.255 e. The van der Waals surface area contributed by atoms with E-state index in [4.69, 9.17) is 22.1 Å². The molecule has 10 nitrogen and oxygen atoms in total. The van der Waals surface area contributed by atoms with Gasteiger partial charge in [0.25, 0.3) is 5.91 Å². The van der Waals surface area contributed by atoms with Crippen LogP contribution in [0.4, 0.5) is 5.82 Å². The Kier molecular flexibility index (Phi) is 6.95. The summed E-state index contributed by atoms with van der Waals surface area (Å²) in [4.78, 5) is 31.0. The van der Waals surface area contributed by atoms with Crippen molar-refractivity contribution in [3.8, 4) is 11.8 Å². The quantitative estimate of drug-likeness (QED) is 0.285. The third-order valence-corrected chi connectivity index (χ3v) is 7.05. The summed E-state index contributed by atoms with van der Waals surface area (Å²) in [6.45, 7) is 4.18. The van der Waals surface area contributed by atoms with Gasteiger partial charge in [-0.25, -0.2) is 9.67 Å². The van der Waals surface area contributed by atoms with Gasteiger partial charge in [0.05, 0.1) is 50.4 Å². The lowest BCUT2D eigenvalue weighted by Gasteiger charge is -2.27. The number of anilines is 1. The normalized spacial score (nSPS) is 19.2. The van der Waals surface area contributed by atoms with Crippen LogP contribution in [0, 0.1) is 11.8 Å². The Hall–Kier alpha value is -3.59. The number of carbonyl (C=O) groups excluding carboxylic acids is 2. The summed E-state index contributed by atoms with van der Waals surface area (Å²) in [7, 11) is 8.95. The van der Waals surface area contributed by atoms with Gasteiger partial charge in [-0.2, -0.15) is 5.10 Å². The van der Waals surface area contributed by atoms with Crippen molar-refractivity contribution in [1.29, 1.82) is 0 Å². The molecule has 3 heterocycles. The Morgan fingerprint density at radius 2 is 2.19 bits per heavy atom. The minimum atomic E-state index is -0.852. The van der Waals surface area contributed by atoms with Crippen LogP contribution in [0.2, 0.25) is 5.02 Å². The van der Waals surface area contributed by atoms with Crippen molar-refractivity contribution in [3.05, 3.63) is 53.0 Å². The molecular formula is C24H25ClN7O3Si. The van der Waals surface area contributed by atoms with Gasteiger partial charge in [-0.05, 0) is 30.6 Å². The molecular weight excluding hydrogens is 498 g/mol. The number of hydrogen-bond donors (Lipinski definition) is 2. The highest BCUT2D eigenvalue weighted by Crippen LogP contribution is 2.35. The van der Waals surface area contributed by atoms with Crippen LogP contribution in [-0.4, -0.2) is 79.6 Å². The van der Waals surface area contributed by atoms with Crippen molar-refractivity contribution < 1.29 is 14.3 Å². The maximum Gasteiger partial charge on any atom is 0.255 e. The molecule has 2 atom stereocenters. The molecule has 1 aliphatic rings. The maximum absolute atomic E-state index is 12.5. The predicted octanol–water partition coefficient (Wildman–Crippen LogP) is 1.22. The first kappa shape index (κ1) is 25.5. The Balaban J connectivity index is 1.80. The average molecular weight is 523 g/mol. The number of aryl methyl sites for hydroxylation is 1. The second-order valence-electron chi connectivity index (χ2n) is 8.54. The summed E-state index contributed by atoms with van der Waals surface area (Å²) in [5.41, 5.74) is 8.20. The molecule has 0 bridgehead atoms. The zero-order valence-electron chi connectivity index (χ0n) is 20.1. The Morgan fingerprint density at radius 1 is 1.44 bits per heavy atom. The summed E-state index contributed by atoms with van der Waals surface area (Å²) in [5, 5.41) is 7.25. The molecule has 3 aromatic rings. The number of benzene rings is 1. The number of halogens is 1. The molecule has 1 aliphatic heterocycles. The molecule has 2 aromatic heterocycles. The van der Waals surface area contributed by atoms with Gasteiger partial charge in [-0.15, -0.1) is 0 Å². The van der Waals surface area contributed by atoms with E-state index in [1.165, 1.54) is 6.08 Å². The van der Waals surface area contributed by atoms with Crippen LogP contribution in [-0.2, 0) is 21.7 Å². The van der Waals surface area contributed by atoms with E-state index >= 15 is 0 Å². The van der Waals surface area contributed by atoms with Crippen LogP contribution in [0.5, 0.6) is 0 Å². The number of methoxy groups -OCH3 is 1. The number of hydrogen-bond acceptors (Lipinski definition) is 6. The zero-order valence-corrected chi connectivity index (χ0v) is 21.9. The number of carbonyl (C=O) groups is 2. The molecule has 0 saturated carbocycles. The van der Waals surface area contributed by atoms with Crippen molar-refractivity contribution in [2.45, 2.75) is 17.6 Å². The first-order chi connectivity index (χ1) is 17.1. The second kappa shape index (κ2) is 9.81. The number of ether oxygens (including phenoxy) is 1. The fraction of sp³-hybridized carbons (Fsp3) is 0.333. The number of likely N-dealkylation sites (tertiary alicyclic amines) is 1. The van der Waals surface area contributed by atoms with Gasteiger partial charge < -0.3 is 25.3 Å². The fourth-order valence-corrected chi connectivity index (χ4v) is 5.27. The molecule has 0 unspecified atom stereocenters. The SMILES string of the molecule is C=CC(=O)N1C[C@@]([Si])(n2nc(C#Cc3cc4ncn(C)c4cc3Cl)c(C(N)=O)c2NC)C[C@@H]1COC. The van der Waals surface area contributed by atoms with Crippen molar-refractivity contribution in [1.82, 2.24) is 24.2 Å².